The van der Waals surface area contributed by atoms with E-state index in [2.05, 4.69) is 10.6 Å². The molecule has 2 N–H and O–H groups in total. The summed E-state index contributed by atoms with van der Waals surface area (Å²) in [6.07, 6.45) is -0.696. The zero-order valence-electron chi connectivity index (χ0n) is 20.0. The summed E-state index contributed by atoms with van der Waals surface area (Å²) in [6, 6.07) is 14.2. The Kier molecular flexibility index (Phi) is 8.85. The lowest BCUT2D eigenvalue weighted by Gasteiger charge is -2.32. The largest absolute Gasteiger partial charge is 0.497 e. The molecule has 0 heterocycles. The fourth-order valence-electron chi connectivity index (χ4n) is 3.25. The Morgan fingerprint density at radius 1 is 1.00 bits per heavy atom. The maximum Gasteiger partial charge on any atom is 0.408 e. The average molecular weight is 456 g/mol. The van der Waals surface area contributed by atoms with E-state index in [4.69, 9.17) is 9.47 Å². The van der Waals surface area contributed by atoms with Gasteiger partial charge in [0, 0.05) is 12.2 Å². The lowest BCUT2D eigenvalue weighted by atomic mass is 10.0. The minimum Gasteiger partial charge on any atom is -0.497 e. The van der Waals surface area contributed by atoms with Gasteiger partial charge < -0.3 is 25.0 Å². The number of carbonyl (C=O) groups is 3. The van der Waals surface area contributed by atoms with Crippen molar-refractivity contribution < 1.29 is 23.9 Å². The highest BCUT2D eigenvalue weighted by Gasteiger charge is 2.33. The van der Waals surface area contributed by atoms with Gasteiger partial charge in [-0.25, -0.2) is 4.79 Å². The number of hydrogen-bond donors (Lipinski definition) is 2. The molecule has 0 radical (unpaired) electrons. The molecule has 3 amide bonds. The van der Waals surface area contributed by atoms with Crippen LogP contribution in [0.25, 0.3) is 0 Å². The fraction of sp³-hybridized carbons (Fsp3) is 0.400. The SMILES string of the molecule is CCN(C(=O)C(C)NC(=O)OC(C)(C)C)C(C(=O)Nc1ccc(OC)cc1)c1ccccc1. The molecule has 0 aliphatic heterocycles. The van der Waals surface area contributed by atoms with Gasteiger partial charge in [0.15, 0.2) is 0 Å². The van der Waals surface area contributed by atoms with E-state index in [0.717, 1.165) is 0 Å². The predicted molar refractivity (Wildman–Crippen MR) is 127 cm³/mol. The third-order valence-electron chi connectivity index (χ3n) is 4.76. The Morgan fingerprint density at radius 2 is 1.61 bits per heavy atom. The number of hydrogen-bond acceptors (Lipinski definition) is 5. The van der Waals surface area contributed by atoms with Crippen molar-refractivity contribution in [2.24, 2.45) is 0 Å². The average Bonchev–Trinajstić information content (AvgIpc) is 2.76. The van der Waals surface area contributed by atoms with Crippen molar-refractivity contribution >= 4 is 23.6 Å². The van der Waals surface area contributed by atoms with Crippen molar-refractivity contribution in [3.05, 3.63) is 60.2 Å². The molecule has 8 nitrogen and oxygen atoms in total. The van der Waals surface area contributed by atoms with E-state index in [0.29, 0.717) is 17.0 Å². The van der Waals surface area contributed by atoms with Gasteiger partial charge in [0.1, 0.15) is 23.4 Å². The highest BCUT2D eigenvalue weighted by atomic mass is 16.6. The number of benzene rings is 2. The van der Waals surface area contributed by atoms with E-state index < -0.39 is 29.7 Å². The molecule has 0 aliphatic rings. The van der Waals surface area contributed by atoms with Crippen LogP contribution in [0.4, 0.5) is 10.5 Å². The summed E-state index contributed by atoms with van der Waals surface area (Å²) in [4.78, 5) is 40.2. The summed E-state index contributed by atoms with van der Waals surface area (Å²) in [5.41, 5.74) is 0.538. The highest BCUT2D eigenvalue weighted by molar-refractivity contribution is 5.98. The summed E-state index contributed by atoms with van der Waals surface area (Å²) >= 11 is 0. The smallest absolute Gasteiger partial charge is 0.408 e. The predicted octanol–water partition coefficient (Wildman–Crippen LogP) is 4.14. The Labute approximate surface area is 195 Å². The van der Waals surface area contributed by atoms with Crippen LogP contribution in [0.1, 0.15) is 46.2 Å². The molecule has 2 unspecified atom stereocenters. The Morgan fingerprint density at radius 3 is 2.12 bits per heavy atom. The van der Waals surface area contributed by atoms with Crippen LogP contribution in [-0.2, 0) is 14.3 Å². The van der Waals surface area contributed by atoms with E-state index in [-0.39, 0.29) is 12.5 Å². The Hall–Kier alpha value is -3.55. The molecule has 2 aromatic carbocycles. The number of amides is 3. The number of anilines is 1. The second-order valence-corrected chi connectivity index (χ2v) is 8.52. The van der Waals surface area contributed by atoms with Crippen molar-refractivity contribution in [1.82, 2.24) is 10.2 Å². The molecule has 0 bridgehead atoms. The molecule has 0 saturated heterocycles. The molecule has 2 atom stereocenters. The van der Waals surface area contributed by atoms with Crippen LogP contribution >= 0.6 is 0 Å². The zero-order chi connectivity index (χ0) is 24.6. The molecular formula is C25H33N3O5. The van der Waals surface area contributed by atoms with Gasteiger partial charge in [-0.05, 0) is 64.4 Å². The summed E-state index contributed by atoms with van der Waals surface area (Å²) in [6.45, 7) is 8.84. The number of rotatable bonds is 8. The maximum atomic E-state index is 13.4. The number of carbonyl (C=O) groups excluding carboxylic acids is 3. The standard InChI is InChI=1S/C25H33N3O5/c1-7-28(23(30)17(2)26-24(31)33-25(3,4)5)21(18-11-9-8-10-12-18)22(29)27-19-13-15-20(32-6)16-14-19/h8-17,21H,7H2,1-6H3,(H,26,31)(H,27,29). The third-order valence-corrected chi connectivity index (χ3v) is 4.76. The van der Waals surface area contributed by atoms with E-state index in [1.54, 1.807) is 78.1 Å². The highest BCUT2D eigenvalue weighted by Crippen LogP contribution is 2.25. The summed E-state index contributed by atoms with van der Waals surface area (Å²) < 4.78 is 10.4. The van der Waals surface area contributed by atoms with Crippen LogP contribution < -0.4 is 15.4 Å². The van der Waals surface area contributed by atoms with Crippen molar-refractivity contribution in [1.29, 1.82) is 0 Å². The van der Waals surface area contributed by atoms with Crippen molar-refractivity contribution in [2.45, 2.75) is 52.3 Å². The van der Waals surface area contributed by atoms with Crippen molar-refractivity contribution in [3.8, 4) is 5.75 Å². The molecular weight excluding hydrogens is 422 g/mol. The topological polar surface area (TPSA) is 97.0 Å². The van der Waals surface area contributed by atoms with Gasteiger partial charge in [-0.2, -0.15) is 0 Å². The van der Waals surface area contributed by atoms with Gasteiger partial charge in [-0.3, -0.25) is 9.59 Å². The summed E-state index contributed by atoms with van der Waals surface area (Å²) in [7, 11) is 1.57. The second-order valence-electron chi connectivity index (χ2n) is 8.52. The van der Waals surface area contributed by atoms with Gasteiger partial charge in [-0.1, -0.05) is 30.3 Å². The molecule has 33 heavy (non-hydrogen) atoms. The zero-order valence-corrected chi connectivity index (χ0v) is 20.0. The molecule has 2 rings (SSSR count). The van der Waals surface area contributed by atoms with Gasteiger partial charge in [0.05, 0.1) is 7.11 Å². The van der Waals surface area contributed by atoms with E-state index in [1.165, 1.54) is 4.90 Å². The minimum absolute atomic E-state index is 0.259. The minimum atomic E-state index is -0.895. The van der Waals surface area contributed by atoms with Crippen LogP contribution in [0, 0.1) is 0 Å². The van der Waals surface area contributed by atoms with Gasteiger partial charge >= 0.3 is 6.09 Å². The third kappa shape index (κ3) is 7.52. The number of nitrogens with one attached hydrogen (secondary N) is 2. The van der Waals surface area contributed by atoms with Crippen molar-refractivity contribution in [2.75, 3.05) is 19.0 Å². The lowest BCUT2D eigenvalue weighted by molar-refractivity contribution is -0.140. The van der Waals surface area contributed by atoms with Gasteiger partial charge in [0.25, 0.3) is 5.91 Å². The van der Waals surface area contributed by atoms with Crippen LogP contribution in [0.3, 0.4) is 0 Å². The second kappa shape index (κ2) is 11.4. The number of ether oxygens (including phenoxy) is 2. The molecule has 0 aliphatic carbocycles. The van der Waals surface area contributed by atoms with Crippen LogP contribution in [-0.4, -0.2) is 48.1 Å². The number of methoxy groups -OCH3 is 1. The summed E-state index contributed by atoms with van der Waals surface area (Å²) in [5, 5.41) is 5.43. The van der Waals surface area contributed by atoms with E-state index in [9.17, 15) is 14.4 Å². The van der Waals surface area contributed by atoms with Crippen LogP contribution in [0.15, 0.2) is 54.6 Å². The van der Waals surface area contributed by atoms with Gasteiger partial charge in [0.2, 0.25) is 5.91 Å². The Balaban J connectivity index is 2.27. The fourth-order valence-corrected chi connectivity index (χ4v) is 3.25. The quantitative estimate of drug-likeness (QED) is 0.624. The first kappa shape index (κ1) is 25.7. The molecule has 178 valence electrons. The normalized spacial score (nSPS) is 12.8. The number of nitrogens with zero attached hydrogens (tertiary/aromatic N) is 1. The van der Waals surface area contributed by atoms with E-state index >= 15 is 0 Å². The van der Waals surface area contributed by atoms with Crippen molar-refractivity contribution in [3.63, 3.8) is 0 Å². The molecule has 8 heteroatoms. The molecule has 0 fully saturated rings. The monoisotopic (exact) mass is 455 g/mol. The first-order chi connectivity index (χ1) is 15.6. The van der Waals surface area contributed by atoms with Crippen LogP contribution in [0.2, 0.25) is 0 Å². The molecule has 0 saturated carbocycles. The summed E-state index contributed by atoms with van der Waals surface area (Å²) in [5.74, 6) is -0.104. The first-order valence-electron chi connectivity index (χ1n) is 10.9. The van der Waals surface area contributed by atoms with E-state index in [1.807, 2.05) is 18.2 Å². The molecule has 2 aromatic rings. The maximum absolute atomic E-state index is 13.4. The number of likely N-dealkylation sites (N-methyl/N-ethyl adjacent to an activating group) is 1. The lowest BCUT2D eigenvalue weighted by Crippen LogP contribution is -2.51. The molecule has 0 aromatic heterocycles. The Bertz CT molecular complexity index is 939. The molecule has 0 spiro atoms. The first-order valence-corrected chi connectivity index (χ1v) is 10.9. The number of alkyl carbamates (subject to hydrolysis) is 1. The van der Waals surface area contributed by atoms with Crippen LogP contribution in [0.5, 0.6) is 5.75 Å². The van der Waals surface area contributed by atoms with Gasteiger partial charge in [-0.15, -0.1) is 0 Å².